The summed E-state index contributed by atoms with van der Waals surface area (Å²) in [6.45, 7) is 8.61. The topological polar surface area (TPSA) is 49.4 Å². The van der Waals surface area contributed by atoms with Gasteiger partial charge in [-0.15, -0.1) is 0 Å². The van der Waals surface area contributed by atoms with E-state index in [9.17, 15) is 8.42 Å². The van der Waals surface area contributed by atoms with Crippen LogP contribution in [0.2, 0.25) is 0 Å². The van der Waals surface area contributed by atoms with Crippen molar-refractivity contribution in [3.63, 3.8) is 0 Å². The molecule has 4 nitrogen and oxygen atoms in total. The van der Waals surface area contributed by atoms with Crippen LogP contribution in [0.25, 0.3) is 0 Å². The molecule has 1 aliphatic heterocycles. The fourth-order valence-electron chi connectivity index (χ4n) is 2.74. The first-order chi connectivity index (χ1) is 9.83. The highest BCUT2D eigenvalue weighted by molar-refractivity contribution is 7.91. The zero-order chi connectivity index (χ0) is 15.5. The molecule has 1 heterocycles. The fourth-order valence-corrected chi connectivity index (χ4v) is 3.60. The molecule has 0 aromatic heterocycles. The minimum absolute atomic E-state index is 0.0165. The molecule has 0 aliphatic carbocycles. The lowest BCUT2D eigenvalue weighted by atomic mass is 10.1. The van der Waals surface area contributed by atoms with Gasteiger partial charge in [0.25, 0.3) is 0 Å². The lowest BCUT2D eigenvalue weighted by Crippen LogP contribution is -2.47. The Bertz CT molecular complexity index is 582. The number of fused-ring (bicyclic) bond motifs is 1. The van der Waals surface area contributed by atoms with Crippen LogP contribution >= 0.6 is 0 Å². The zero-order valence-electron chi connectivity index (χ0n) is 13.2. The van der Waals surface area contributed by atoms with Gasteiger partial charge in [0.2, 0.25) is 0 Å². The molecule has 21 heavy (non-hydrogen) atoms. The van der Waals surface area contributed by atoms with Crippen LogP contribution in [0.15, 0.2) is 24.3 Å². The van der Waals surface area contributed by atoms with E-state index in [0.717, 1.165) is 19.6 Å². The van der Waals surface area contributed by atoms with Crippen LogP contribution in [0.1, 0.15) is 32.8 Å². The SMILES string of the molecule is CCS(=O)(=O)CCCN1CC(C)(C)NCc2ccccc21. The Morgan fingerprint density at radius 3 is 2.71 bits per heavy atom. The summed E-state index contributed by atoms with van der Waals surface area (Å²) in [6, 6.07) is 8.37. The number of hydrogen-bond acceptors (Lipinski definition) is 4. The van der Waals surface area contributed by atoms with Crippen molar-refractivity contribution in [2.75, 3.05) is 29.5 Å². The van der Waals surface area contributed by atoms with Gasteiger partial charge in [-0.05, 0) is 31.9 Å². The number of rotatable bonds is 5. The molecule has 0 atom stereocenters. The molecule has 5 heteroatoms. The van der Waals surface area contributed by atoms with Crippen molar-refractivity contribution >= 4 is 15.5 Å². The third-order valence-electron chi connectivity index (χ3n) is 4.00. The maximum absolute atomic E-state index is 11.7. The van der Waals surface area contributed by atoms with E-state index in [4.69, 9.17) is 0 Å². The molecule has 1 N–H and O–H groups in total. The number of para-hydroxylation sites is 1. The molecule has 2 rings (SSSR count). The van der Waals surface area contributed by atoms with Gasteiger partial charge in [-0.1, -0.05) is 25.1 Å². The molecule has 0 spiro atoms. The van der Waals surface area contributed by atoms with Gasteiger partial charge in [0.05, 0.1) is 5.75 Å². The molecule has 1 aliphatic rings. The largest absolute Gasteiger partial charge is 0.369 e. The van der Waals surface area contributed by atoms with Crippen LogP contribution in [0.4, 0.5) is 5.69 Å². The normalized spacial score (nSPS) is 18.1. The van der Waals surface area contributed by atoms with Crippen molar-refractivity contribution < 1.29 is 8.42 Å². The van der Waals surface area contributed by atoms with E-state index in [-0.39, 0.29) is 17.0 Å². The number of benzene rings is 1. The summed E-state index contributed by atoms with van der Waals surface area (Å²) in [6.07, 6.45) is 0.681. The van der Waals surface area contributed by atoms with Crippen LogP contribution in [0.3, 0.4) is 0 Å². The summed E-state index contributed by atoms with van der Waals surface area (Å²) in [7, 11) is -2.88. The second-order valence-electron chi connectivity index (χ2n) is 6.38. The minimum atomic E-state index is -2.88. The molecule has 118 valence electrons. The van der Waals surface area contributed by atoms with Crippen molar-refractivity contribution in [2.24, 2.45) is 0 Å². The standard InChI is InChI=1S/C16H26N2O2S/c1-4-21(19,20)11-7-10-18-13-16(2,3)17-12-14-8-5-6-9-15(14)18/h5-6,8-9,17H,4,7,10-13H2,1-3H3. The molecule has 0 amide bonds. The Labute approximate surface area is 128 Å². The highest BCUT2D eigenvalue weighted by atomic mass is 32.2. The Balaban J connectivity index is 2.12. The first-order valence-corrected chi connectivity index (χ1v) is 9.43. The minimum Gasteiger partial charge on any atom is -0.369 e. The van der Waals surface area contributed by atoms with Crippen LogP contribution in [0, 0.1) is 0 Å². The zero-order valence-corrected chi connectivity index (χ0v) is 14.0. The second kappa shape index (κ2) is 6.36. The third-order valence-corrected chi connectivity index (χ3v) is 5.79. The van der Waals surface area contributed by atoms with E-state index in [0.29, 0.717) is 6.42 Å². The molecule has 0 unspecified atom stereocenters. The molecule has 0 bridgehead atoms. The average molecular weight is 310 g/mol. The van der Waals surface area contributed by atoms with E-state index in [1.165, 1.54) is 11.3 Å². The van der Waals surface area contributed by atoms with E-state index < -0.39 is 9.84 Å². The lowest BCUT2D eigenvalue weighted by Gasteiger charge is -2.32. The molecule has 0 fully saturated rings. The van der Waals surface area contributed by atoms with Crippen LogP contribution in [-0.4, -0.2) is 38.6 Å². The van der Waals surface area contributed by atoms with Crippen molar-refractivity contribution in [1.82, 2.24) is 5.32 Å². The summed E-state index contributed by atoms with van der Waals surface area (Å²) >= 11 is 0. The third kappa shape index (κ3) is 4.45. The van der Waals surface area contributed by atoms with Crippen molar-refractivity contribution in [1.29, 1.82) is 0 Å². The van der Waals surface area contributed by atoms with Crippen LogP contribution in [-0.2, 0) is 16.4 Å². The molecule has 1 aromatic carbocycles. The number of hydrogen-bond donors (Lipinski definition) is 1. The first kappa shape index (κ1) is 16.3. The van der Waals surface area contributed by atoms with Gasteiger partial charge >= 0.3 is 0 Å². The van der Waals surface area contributed by atoms with E-state index >= 15 is 0 Å². The number of anilines is 1. The van der Waals surface area contributed by atoms with Crippen molar-refractivity contribution in [3.8, 4) is 0 Å². The summed E-state index contributed by atoms with van der Waals surface area (Å²) in [5, 5.41) is 3.56. The van der Waals surface area contributed by atoms with Crippen molar-refractivity contribution in [2.45, 2.75) is 39.3 Å². The second-order valence-corrected chi connectivity index (χ2v) is 8.85. The smallest absolute Gasteiger partial charge is 0.150 e. The summed E-state index contributed by atoms with van der Waals surface area (Å²) in [4.78, 5) is 2.32. The van der Waals surface area contributed by atoms with Crippen molar-refractivity contribution in [3.05, 3.63) is 29.8 Å². The quantitative estimate of drug-likeness (QED) is 0.906. The van der Waals surface area contributed by atoms with E-state index in [1.54, 1.807) is 6.92 Å². The average Bonchev–Trinajstić information content (AvgIpc) is 2.56. The van der Waals surface area contributed by atoms with Gasteiger partial charge in [-0.25, -0.2) is 8.42 Å². The molecular weight excluding hydrogens is 284 g/mol. The lowest BCUT2D eigenvalue weighted by molar-refractivity contribution is 0.395. The maximum Gasteiger partial charge on any atom is 0.150 e. The predicted molar refractivity (Wildman–Crippen MR) is 88.5 cm³/mol. The Kier molecular flexibility index (Phi) is 4.94. The Morgan fingerprint density at radius 1 is 1.29 bits per heavy atom. The number of nitrogens with one attached hydrogen (secondary N) is 1. The monoisotopic (exact) mass is 310 g/mol. The van der Waals surface area contributed by atoms with Gasteiger partial charge in [0.15, 0.2) is 0 Å². The Hall–Kier alpha value is -1.07. The molecular formula is C16H26N2O2S. The molecule has 0 saturated heterocycles. The Morgan fingerprint density at radius 2 is 2.00 bits per heavy atom. The van der Waals surface area contributed by atoms with Gasteiger partial charge < -0.3 is 10.2 Å². The fraction of sp³-hybridized carbons (Fsp3) is 0.625. The highest BCUT2D eigenvalue weighted by Gasteiger charge is 2.26. The highest BCUT2D eigenvalue weighted by Crippen LogP contribution is 2.26. The predicted octanol–water partition coefficient (Wildman–Crippen LogP) is 2.20. The number of nitrogens with zero attached hydrogens (tertiary/aromatic N) is 1. The van der Waals surface area contributed by atoms with E-state index in [2.05, 4.69) is 42.3 Å². The van der Waals surface area contributed by atoms with Crippen LogP contribution < -0.4 is 10.2 Å². The molecule has 0 saturated carbocycles. The molecule has 0 radical (unpaired) electrons. The summed E-state index contributed by atoms with van der Waals surface area (Å²) in [5.41, 5.74) is 2.52. The van der Waals surface area contributed by atoms with Crippen LogP contribution in [0.5, 0.6) is 0 Å². The maximum atomic E-state index is 11.7. The first-order valence-electron chi connectivity index (χ1n) is 7.61. The number of sulfone groups is 1. The van der Waals surface area contributed by atoms with Gasteiger partial charge in [0, 0.05) is 36.6 Å². The van der Waals surface area contributed by atoms with Gasteiger partial charge in [0.1, 0.15) is 9.84 Å². The summed E-state index contributed by atoms with van der Waals surface area (Å²) < 4.78 is 23.3. The van der Waals surface area contributed by atoms with E-state index in [1.807, 2.05) is 6.07 Å². The van der Waals surface area contributed by atoms with Gasteiger partial charge in [-0.3, -0.25) is 0 Å². The molecule has 1 aromatic rings. The van der Waals surface area contributed by atoms with Gasteiger partial charge in [-0.2, -0.15) is 0 Å². The summed E-state index contributed by atoms with van der Waals surface area (Å²) in [5.74, 6) is 0.507.